The molecular weight excluding hydrogens is 465 g/mol. The largest absolute Gasteiger partial charge is 0.495 e. The van der Waals surface area contributed by atoms with Gasteiger partial charge in [0.2, 0.25) is 5.95 Å². The molecule has 0 bridgehead atoms. The van der Waals surface area contributed by atoms with Gasteiger partial charge in [-0.2, -0.15) is 4.98 Å². The molecular formula is C26H33ClN5OP. The van der Waals surface area contributed by atoms with Gasteiger partial charge in [0.15, 0.2) is 5.82 Å². The maximum atomic E-state index is 6.42. The van der Waals surface area contributed by atoms with Crippen molar-refractivity contribution in [2.24, 2.45) is 0 Å². The fourth-order valence-corrected chi connectivity index (χ4v) is 5.33. The second kappa shape index (κ2) is 11.8. The smallest absolute Gasteiger partial charge is 0.229 e. The molecule has 0 aliphatic carbocycles. The van der Waals surface area contributed by atoms with Crippen LogP contribution in [0.3, 0.4) is 0 Å². The van der Waals surface area contributed by atoms with E-state index in [4.69, 9.17) is 16.3 Å². The zero-order valence-corrected chi connectivity index (χ0v) is 21.8. The van der Waals surface area contributed by atoms with Crippen LogP contribution in [0.5, 0.6) is 5.75 Å². The normalized spacial score (nSPS) is 14.3. The predicted molar refractivity (Wildman–Crippen MR) is 145 cm³/mol. The summed E-state index contributed by atoms with van der Waals surface area (Å²) in [6.45, 7) is 7.97. The van der Waals surface area contributed by atoms with Crippen LogP contribution in [0.25, 0.3) is 0 Å². The molecule has 180 valence electrons. The van der Waals surface area contributed by atoms with E-state index in [1.54, 1.807) is 13.3 Å². The molecule has 6 nitrogen and oxygen atoms in total. The van der Waals surface area contributed by atoms with Crippen LogP contribution < -0.4 is 20.7 Å². The molecule has 0 spiro atoms. The van der Waals surface area contributed by atoms with Crippen molar-refractivity contribution >= 4 is 48.0 Å². The molecule has 0 saturated carbocycles. The lowest BCUT2D eigenvalue weighted by molar-refractivity contribution is 0.231. The molecule has 0 unspecified atom stereocenters. The Labute approximate surface area is 208 Å². The number of aromatic nitrogens is 2. The van der Waals surface area contributed by atoms with Crippen molar-refractivity contribution in [2.45, 2.75) is 25.7 Å². The van der Waals surface area contributed by atoms with Gasteiger partial charge in [0.25, 0.3) is 0 Å². The number of nitrogens with zero attached hydrogens (tertiary/aromatic N) is 3. The number of ether oxygens (including phenoxy) is 1. The van der Waals surface area contributed by atoms with Crippen molar-refractivity contribution in [3.8, 4) is 5.75 Å². The summed E-state index contributed by atoms with van der Waals surface area (Å²) in [4.78, 5) is 11.6. The zero-order valence-electron chi connectivity index (χ0n) is 20.1. The molecule has 2 aromatic carbocycles. The fourth-order valence-electron chi connectivity index (χ4n) is 4.20. The van der Waals surface area contributed by atoms with Gasteiger partial charge in [-0.05, 0) is 74.7 Å². The van der Waals surface area contributed by atoms with Crippen molar-refractivity contribution < 1.29 is 4.74 Å². The molecule has 1 aliphatic rings. The van der Waals surface area contributed by atoms with Crippen LogP contribution in [0.15, 0.2) is 48.7 Å². The van der Waals surface area contributed by atoms with E-state index >= 15 is 0 Å². The number of piperidine rings is 1. The highest BCUT2D eigenvalue weighted by atomic mass is 35.5. The number of likely N-dealkylation sites (tertiary alicyclic amines) is 1. The lowest BCUT2D eigenvalue weighted by Gasteiger charge is -2.26. The van der Waals surface area contributed by atoms with E-state index in [9.17, 15) is 0 Å². The Morgan fingerprint density at radius 1 is 1.03 bits per heavy atom. The van der Waals surface area contributed by atoms with Crippen LogP contribution in [-0.4, -0.2) is 54.9 Å². The summed E-state index contributed by atoms with van der Waals surface area (Å²) >= 11 is 6.42. The lowest BCUT2D eigenvalue weighted by Crippen LogP contribution is -2.31. The molecule has 1 fully saturated rings. The third-order valence-corrected chi connectivity index (χ3v) is 7.69. The summed E-state index contributed by atoms with van der Waals surface area (Å²) in [6.07, 6.45) is 6.61. The van der Waals surface area contributed by atoms with E-state index < -0.39 is 0 Å². The number of para-hydroxylation sites is 1. The lowest BCUT2D eigenvalue weighted by atomic mass is 10.1. The van der Waals surface area contributed by atoms with Gasteiger partial charge in [0.1, 0.15) is 10.8 Å². The number of hydrogen-bond acceptors (Lipinski definition) is 6. The van der Waals surface area contributed by atoms with Crippen LogP contribution in [-0.2, 0) is 6.42 Å². The van der Waals surface area contributed by atoms with E-state index in [2.05, 4.69) is 69.2 Å². The van der Waals surface area contributed by atoms with Crippen LogP contribution in [0.1, 0.15) is 24.8 Å². The maximum Gasteiger partial charge on any atom is 0.229 e. The molecule has 0 amide bonds. The zero-order chi connectivity index (χ0) is 23.9. The van der Waals surface area contributed by atoms with Crippen molar-refractivity contribution in [1.29, 1.82) is 0 Å². The average Bonchev–Trinajstić information content (AvgIpc) is 2.86. The van der Waals surface area contributed by atoms with Crippen LogP contribution >= 0.6 is 19.5 Å². The van der Waals surface area contributed by atoms with Crippen molar-refractivity contribution in [3.05, 3.63) is 59.2 Å². The number of rotatable bonds is 9. The second-order valence-electron chi connectivity index (χ2n) is 8.74. The van der Waals surface area contributed by atoms with E-state index in [-0.39, 0.29) is 7.92 Å². The van der Waals surface area contributed by atoms with E-state index in [0.29, 0.717) is 16.8 Å². The summed E-state index contributed by atoms with van der Waals surface area (Å²) in [6, 6.07) is 14.5. The van der Waals surface area contributed by atoms with Crippen LogP contribution in [0, 0.1) is 0 Å². The third-order valence-electron chi connectivity index (χ3n) is 6.06. The number of benzene rings is 2. The Bertz CT molecular complexity index is 1100. The highest BCUT2D eigenvalue weighted by Gasteiger charge is 2.13. The Balaban J connectivity index is 1.48. The standard InChI is InChI=1S/C26H33ClN5OP/c1-33-23-17-19(13-16-32-14-7-4-8-15-32)11-12-21(23)30-26-28-18-20(27)25(31-26)29-22-9-5-6-10-24(22)34(2)3/h5-6,9-12,17-18H,4,7-8,13-16H2,1-3H3,(H2,28,29,30,31). The molecule has 34 heavy (non-hydrogen) atoms. The minimum Gasteiger partial charge on any atom is -0.495 e. The number of nitrogens with one attached hydrogen (secondary N) is 2. The molecule has 3 aromatic rings. The van der Waals surface area contributed by atoms with Gasteiger partial charge in [0, 0.05) is 12.2 Å². The van der Waals surface area contributed by atoms with E-state index in [1.165, 1.54) is 43.2 Å². The van der Waals surface area contributed by atoms with Crippen molar-refractivity contribution in [2.75, 3.05) is 50.7 Å². The predicted octanol–water partition coefficient (Wildman–Crippen LogP) is 6.02. The van der Waals surface area contributed by atoms with Crippen molar-refractivity contribution in [3.63, 3.8) is 0 Å². The number of hydrogen-bond donors (Lipinski definition) is 2. The van der Waals surface area contributed by atoms with Gasteiger partial charge in [-0.15, -0.1) is 0 Å². The summed E-state index contributed by atoms with van der Waals surface area (Å²) in [5, 5.41) is 8.42. The molecule has 2 heterocycles. The fraction of sp³-hybridized carbons (Fsp3) is 0.385. The van der Waals surface area contributed by atoms with Gasteiger partial charge in [-0.25, -0.2) is 4.98 Å². The molecule has 0 radical (unpaired) electrons. The molecule has 8 heteroatoms. The summed E-state index contributed by atoms with van der Waals surface area (Å²) < 4.78 is 5.67. The van der Waals surface area contributed by atoms with Gasteiger partial charge >= 0.3 is 0 Å². The van der Waals surface area contributed by atoms with Gasteiger partial charge in [-0.3, -0.25) is 0 Å². The monoisotopic (exact) mass is 497 g/mol. The summed E-state index contributed by atoms with van der Waals surface area (Å²) in [7, 11) is 1.42. The molecule has 2 N–H and O–H groups in total. The SMILES string of the molecule is COc1cc(CCN2CCCCC2)ccc1Nc1ncc(Cl)c(Nc2ccccc2P(C)C)n1. The number of methoxy groups -OCH3 is 1. The molecule has 1 aromatic heterocycles. The minimum atomic E-state index is -0.271. The molecule has 1 saturated heterocycles. The van der Waals surface area contributed by atoms with E-state index in [1.807, 2.05) is 12.1 Å². The molecule has 1 aliphatic heterocycles. The average molecular weight is 498 g/mol. The number of anilines is 4. The molecule has 0 atom stereocenters. The number of halogens is 1. The highest BCUT2D eigenvalue weighted by molar-refractivity contribution is 7.64. The summed E-state index contributed by atoms with van der Waals surface area (Å²) in [5.41, 5.74) is 3.10. The third kappa shape index (κ3) is 6.38. The second-order valence-corrected chi connectivity index (χ2v) is 11.4. The Hall–Kier alpha value is -2.40. The van der Waals surface area contributed by atoms with E-state index in [0.717, 1.165) is 30.1 Å². The minimum absolute atomic E-state index is 0.271. The summed E-state index contributed by atoms with van der Waals surface area (Å²) in [5.74, 6) is 1.80. The first-order valence-corrected chi connectivity index (χ1v) is 14.4. The van der Waals surface area contributed by atoms with Crippen molar-refractivity contribution in [1.82, 2.24) is 14.9 Å². The Morgan fingerprint density at radius 3 is 2.59 bits per heavy atom. The van der Waals surface area contributed by atoms with Crippen LogP contribution in [0.2, 0.25) is 5.02 Å². The molecule has 4 rings (SSSR count). The highest BCUT2D eigenvalue weighted by Crippen LogP contribution is 2.32. The quantitative estimate of drug-likeness (QED) is 0.352. The van der Waals surface area contributed by atoms with Crippen LogP contribution in [0.4, 0.5) is 23.1 Å². The maximum absolute atomic E-state index is 6.42. The first kappa shape index (κ1) is 24.7. The topological polar surface area (TPSA) is 62.3 Å². The first-order valence-electron chi connectivity index (χ1n) is 11.8. The van der Waals surface area contributed by atoms with Gasteiger partial charge in [0.05, 0.1) is 19.0 Å². The van der Waals surface area contributed by atoms with Gasteiger partial charge in [-0.1, -0.05) is 50.2 Å². The Morgan fingerprint density at radius 2 is 1.82 bits per heavy atom. The Kier molecular flexibility index (Phi) is 8.60. The first-order chi connectivity index (χ1) is 16.5. The van der Waals surface area contributed by atoms with Gasteiger partial charge < -0.3 is 20.3 Å².